The summed E-state index contributed by atoms with van der Waals surface area (Å²) in [6, 6.07) is 0. The summed E-state index contributed by atoms with van der Waals surface area (Å²) in [5.41, 5.74) is 0. The second-order valence-corrected chi connectivity index (χ2v) is 4.08. The Bertz CT molecular complexity index is 266. The second kappa shape index (κ2) is 6.33. The number of Topliss-reactive ketones (excluding diaryl/α,β-unsaturated/α-hetero) is 1. The van der Waals surface area contributed by atoms with Crippen molar-refractivity contribution in [1.82, 2.24) is 0 Å². The van der Waals surface area contributed by atoms with Gasteiger partial charge < -0.3 is 4.79 Å². The van der Waals surface area contributed by atoms with Crippen LogP contribution < -0.4 is 0 Å². The molecule has 0 amide bonds. The smallest absolute Gasteiger partial charge is 0.133 e. The molecule has 0 radical (unpaired) electrons. The maximum Gasteiger partial charge on any atom is 0.133 e. The van der Waals surface area contributed by atoms with Crippen LogP contribution in [0.5, 0.6) is 0 Å². The molecule has 0 spiro atoms. The van der Waals surface area contributed by atoms with Crippen LogP contribution in [0.3, 0.4) is 0 Å². The molecule has 0 heterocycles. The van der Waals surface area contributed by atoms with E-state index in [2.05, 4.69) is 6.58 Å². The van der Waals surface area contributed by atoms with Gasteiger partial charge in [0.05, 0.1) is 0 Å². The lowest BCUT2D eigenvalue weighted by Gasteiger charge is -2.26. The van der Waals surface area contributed by atoms with E-state index in [9.17, 15) is 9.59 Å². The highest BCUT2D eigenvalue weighted by Gasteiger charge is 2.28. The first-order chi connectivity index (χ1) is 7.27. The fraction of sp³-hybridized carbons (Fsp3) is 0.538. The first-order valence-corrected chi connectivity index (χ1v) is 5.52. The molecule has 1 saturated carbocycles. The van der Waals surface area contributed by atoms with E-state index in [1.807, 2.05) is 12.2 Å². The Balaban J connectivity index is 2.41. The van der Waals surface area contributed by atoms with Crippen LogP contribution in [0.25, 0.3) is 0 Å². The number of hydrogen-bond acceptors (Lipinski definition) is 2. The summed E-state index contributed by atoms with van der Waals surface area (Å²) in [5, 5.41) is 0. The number of allylic oxidation sites excluding steroid dienone is 3. The van der Waals surface area contributed by atoms with Crippen molar-refractivity contribution in [3.8, 4) is 0 Å². The fourth-order valence-corrected chi connectivity index (χ4v) is 2.11. The summed E-state index contributed by atoms with van der Waals surface area (Å²) in [6.45, 7) is 3.59. The van der Waals surface area contributed by atoms with Crippen LogP contribution in [0, 0.1) is 11.8 Å². The quantitative estimate of drug-likeness (QED) is 0.512. The van der Waals surface area contributed by atoms with Crippen molar-refractivity contribution in [2.75, 3.05) is 0 Å². The van der Waals surface area contributed by atoms with E-state index >= 15 is 0 Å². The minimum atomic E-state index is 0.0971. The maximum atomic E-state index is 11.3. The minimum absolute atomic E-state index is 0.0971. The Labute approximate surface area is 91.1 Å². The van der Waals surface area contributed by atoms with E-state index in [-0.39, 0.29) is 11.8 Å². The lowest BCUT2D eigenvalue weighted by Crippen LogP contribution is -2.25. The van der Waals surface area contributed by atoms with E-state index < -0.39 is 0 Å². The molecule has 1 aliphatic rings. The minimum Gasteiger partial charge on any atom is -0.303 e. The van der Waals surface area contributed by atoms with Crippen molar-refractivity contribution < 1.29 is 9.59 Å². The number of ketones is 1. The molecule has 1 aliphatic carbocycles. The second-order valence-electron chi connectivity index (χ2n) is 4.08. The Morgan fingerprint density at radius 1 is 1.47 bits per heavy atom. The van der Waals surface area contributed by atoms with Gasteiger partial charge in [-0.2, -0.15) is 0 Å². The third kappa shape index (κ3) is 3.82. The van der Waals surface area contributed by atoms with Gasteiger partial charge in [-0.15, -0.1) is 0 Å². The third-order valence-electron chi connectivity index (χ3n) is 3.00. The molecule has 2 heteroatoms. The first kappa shape index (κ1) is 11.9. The molecule has 1 rings (SSSR count). The zero-order valence-electron chi connectivity index (χ0n) is 9.02. The number of carbonyl (C=O) groups excluding carboxylic acids is 2. The lowest BCUT2D eigenvalue weighted by molar-refractivity contribution is -0.124. The predicted octanol–water partition coefficient (Wildman–Crippen LogP) is 2.69. The molecule has 0 aromatic heterocycles. The van der Waals surface area contributed by atoms with Gasteiger partial charge in [0.25, 0.3) is 0 Å². The van der Waals surface area contributed by atoms with Crippen molar-refractivity contribution in [2.24, 2.45) is 11.8 Å². The summed E-state index contributed by atoms with van der Waals surface area (Å²) in [5.74, 6) is 0.670. The van der Waals surface area contributed by atoms with Gasteiger partial charge in [0, 0.05) is 18.8 Å². The van der Waals surface area contributed by atoms with Crippen molar-refractivity contribution in [2.45, 2.75) is 32.1 Å². The van der Waals surface area contributed by atoms with E-state index in [1.54, 1.807) is 6.08 Å². The summed E-state index contributed by atoms with van der Waals surface area (Å²) in [6.07, 6.45) is 10.5. The summed E-state index contributed by atoms with van der Waals surface area (Å²) in [4.78, 5) is 22.1. The van der Waals surface area contributed by atoms with Crippen LogP contribution in [-0.4, -0.2) is 12.1 Å². The van der Waals surface area contributed by atoms with Gasteiger partial charge in [0.15, 0.2) is 0 Å². The van der Waals surface area contributed by atoms with E-state index in [0.29, 0.717) is 18.6 Å². The summed E-state index contributed by atoms with van der Waals surface area (Å²) in [7, 11) is 0. The number of aldehydes is 1. The van der Waals surface area contributed by atoms with Gasteiger partial charge in [-0.05, 0) is 25.2 Å². The zero-order chi connectivity index (χ0) is 11.1. The van der Waals surface area contributed by atoms with Crippen LogP contribution >= 0.6 is 0 Å². The van der Waals surface area contributed by atoms with Crippen LogP contribution in [0.1, 0.15) is 32.1 Å². The molecular formula is C13H18O2. The van der Waals surface area contributed by atoms with Crippen LogP contribution in [0.2, 0.25) is 0 Å². The van der Waals surface area contributed by atoms with Gasteiger partial charge in [0.2, 0.25) is 0 Å². The fourth-order valence-electron chi connectivity index (χ4n) is 2.11. The van der Waals surface area contributed by atoms with Gasteiger partial charge in [-0.25, -0.2) is 0 Å². The van der Waals surface area contributed by atoms with E-state index in [0.717, 1.165) is 25.5 Å². The van der Waals surface area contributed by atoms with Crippen LogP contribution in [0.15, 0.2) is 24.8 Å². The highest BCUT2D eigenvalue weighted by Crippen LogP contribution is 2.30. The first-order valence-electron chi connectivity index (χ1n) is 5.52. The Morgan fingerprint density at radius 2 is 2.27 bits per heavy atom. The highest BCUT2D eigenvalue weighted by molar-refractivity contribution is 5.80. The van der Waals surface area contributed by atoms with E-state index in [1.165, 1.54) is 0 Å². The van der Waals surface area contributed by atoms with Gasteiger partial charge in [-0.3, -0.25) is 4.79 Å². The molecule has 2 nitrogen and oxygen atoms in total. The molecule has 0 bridgehead atoms. The molecule has 0 aromatic rings. The highest BCUT2D eigenvalue weighted by atomic mass is 16.1. The average Bonchev–Trinajstić information content (AvgIpc) is 2.25. The molecule has 15 heavy (non-hydrogen) atoms. The molecule has 0 N–H and O–H groups in total. The van der Waals surface area contributed by atoms with Crippen LogP contribution in [-0.2, 0) is 9.59 Å². The number of hydrogen-bond donors (Lipinski definition) is 0. The molecule has 0 aliphatic heterocycles. The molecule has 82 valence electrons. The van der Waals surface area contributed by atoms with Gasteiger partial charge in [0.1, 0.15) is 12.1 Å². The topological polar surface area (TPSA) is 34.1 Å². The maximum absolute atomic E-state index is 11.3. The number of carbonyl (C=O) groups is 2. The Hall–Kier alpha value is -1.18. The molecule has 0 saturated heterocycles. The molecule has 0 aromatic carbocycles. The lowest BCUT2D eigenvalue weighted by atomic mass is 9.77. The number of rotatable bonds is 5. The summed E-state index contributed by atoms with van der Waals surface area (Å²) >= 11 is 0. The van der Waals surface area contributed by atoms with Crippen molar-refractivity contribution in [1.29, 1.82) is 0 Å². The average molecular weight is 206 g/mol. The van der Waals surface area contributed by atoms with Crippen molar-refractivity contribution in [3.63, 3.8) is 0 Å². The van der Waals surface area contributed by atoms with Crippen molar-refractivity contribution in [3.05, 3.63) is 24.8 Å². The monoisotopic (exact) mass is 206 g/mol. The zero-order valence-corrected chi connectivity index (χ0v) is 9.02. The predicted molar refractivity (Wildman–Crippen MR) is 60.5 cm³/mol. The van der Waals surface area contributed by atoms with E-state index in [4.69, 9.17) is 0 Å². The Morgan fingerprint density at radius 3 is 2.93 bits per heavy atom. The molecule has 0 unspecified atom stereocenters. The largest absolute Gasteiger partial charge is 0.303 e. The van der Waals surface area contributed by atoms with Gasteiger partial charge in [-0.1, -0.05) is 24.8 Å². The van der Waals surface area contributed by atoms with Crippen molar-refractivity contribution >= 4 is 12.1 Å². The third-order valence-corrected chi connectivity index (χ3v) is 3.00. The summed E-state index contributed by atoms with van der Waals surface area (Å²) < 4.78 is 0. The normalized spacial score (nSPS) is 26.8. The SMILES string of the molecule is C=C/C=C/CC[C@H]1CC(=O)CC[C@@H]1C=O. The van der Waals surface area contributed by atoms with Gasteiger partial charge >= 0.3 is 0 Å². The molecular weight excluding hydrogens is 188 g/mol. The molecule has 1 fully saturated rings. The Kier molecular flexibility index (Phi) is 5.02. The molecule has 2 atom stereocenters. The van der Waals surface area contributed by atoms with Crippen LogP contribution in [0.4, 0.5) is 0 Å². The standard InChI is InChI=1S/C13H18O2/c1-2-3-4-5-6-11-9-13(15)8-7-12(11)10-14/h2-4,10-12H,1,5-9H2/b4-3+/t11-,12+/m0/s1.